The monoisotopic (exact) mass is 378 g/mol. The molecule has 0 unspecified atom stereocenters. The summed E-state index contributed by atoms with van der Waals surface area (Å²) in [6.07, 6.45) is 0. The van der Waals surface area contributed by atoms with Crippen molar-refractivity contribution in [3.05, 3.63) is 65.7 Å². The minimum atomic E-state index is -0.0367. The number of aromatic hydroxyl groups is 4. The molecule has 6 nitrogen and oxygen atoms in total. The number of furan rings is 1. The van der Waals surface area contributed by atoms with Crippen molar-refractivity contribution >= 4 is 11.0 Å². The number of hydrogen-bond donors (Lipinski definition) is 4. The largest absolute Gasteiger partial charge is 0.508 e. The number of benzene rings is 3. The van der Waals surface area contributed by atoms with E-state index >= 15 is 0 Å². The van der Waals surface area contributed by atoms with E-state index in [1.165, 1.54) is 24.3 Å². The lowest BCUT2D eigenvalue weighted by Crippen LogP contribution is -1.97. The van der Waals surface area contributed by atoms with E-state index in [9.17, 15) is 20.4 Å². The van der Waals surface area contributed by atoms with Crippen LogP contribution in [0.25, 0.3) is 22.3 Å². The zero-order chi connectivity index (χ0) is 19.8. The average molecular weight is 378 g/mol. The molecule has 0 aliphatic heterocycles. The van der Waals surface area contributed by atoms with Crippen LogP contribution >= 0.6 is 0 Å². The van der Waals surface area contributed by atoms with E-state index in [0.29, 0.717) is 16.7 Å². The summed E-state index contributed by atoms with van der Waals surface area (Å²) in [7, 11) is 0. The highest BCUT2D eigenvalue weighted by molar-refractivity contribution is 5.91. The van der Waals surface area contributed by atoms with Gasteiger partial charge in [0.15, 0.2) is 22.8 Å². The normalized spacial score (nSPS) is 11.0. The third-order valence-electron chi connectivity index (χ3n) is 4.62. The average Bonchev–Trinajstić information content (AvgIpc) is 3.15. The van der Waals surface area contributed by atoms with Crippen molar-refractivity contribution in [3.63, 3.8) is 0 Å². The zero-order valence-corrected chi connectivity index (χ0v) is 15.0. The second-order valence-electron chi connectivity index (χ2n) is 6.50. The van der Waals surface area contributed by atoms with E-state index in [1.54, 1.807) is 13.0 Å². The minimum Gasteiger partial charge on any atom is -0.508 e. The molecule has 28 heavy (non-hydrogen) atoms. The zero-order valence-electron chi connectivity index (χ0n) is 15.0. The summed E-state index contributed by atoms with van der Waals surface area (Å²) >= 11 is 0. The fraction of sp³-hybridized carbons (Fsp3) is 0.0909. The summed E-state index contributed by atoms with van der Waals surface area (Å²) in [5.74, 6) is 0.779. The topological polar surface area (TPSA) is 103 Å². The molecule has 0 atom stereocenters. The van der Waals surface area contributed by atoms with Gasteiger partial charge in [-0.1, -0.05) is 24.3 Å². The Bertz CT molecular complexity index is 1120. The predicted octanol–water partition coefficient (Wildman–Crippen LogP) is 4.81. The molecule has 0 saturated heterocycles. The molecule has 0 radical (unpaired) electrons. The molecule has 6 heteroatoms. The molecule has 1 heterocycles. The maximum atomic E-state index is 9.92. The third kappa shape index (κ3) is 3.05. The molecule has 0 fully saturated rings. The Balaban J connectivity index is 1.56. The first-order valence-electron chi connectivity index (χ1n) is 8.62. The summed E-state index contributed by atoms with van der Waals surface area (Å²) in [5, 5.41) is 39.9. The van der Waals surface area contributed by atoms with Crippen molar-refractivity contribution in [2.24, 2.45) is 0 Å². The molecular formula is C22H18O6. The van der Waals surface area contributed by atoms with Crippen LogP contribution in [0.3, 0.4) is 0 Å². The smallest absolute Gasteiger partial charge is 0.180 e. The Morgan fingerprint density at radius 3 is 2.14 bits per heavy atom. The van der Waals surface area contributed by atoms with E-state index in [4.69, 9.17) is 9.15 Å². The van der Waals surface area contributed by atoms with Crippen molar-refractivity contribution in [1.29, 1.82) is 0 Å². The highest BCUT2D eigenvalue weighted by Gasteiger charge is 2.14. The lowest BCUT2D eigenvalue weighted by molar-refractivity contribution is 0.284. The van der Waals surface area contributed by atoms with Gasteiger partial charge in [-0.05, 0) is 42.8 Å². The van der Waals surface area contributed by atoms with E-state index < -0.39 is 0 Å². The first-order valence-corrected chi connectivity index (χ1v) is 8.62. The van der Waals surface area contributed by atoms with E-state index in [2.05, 4.69) is 0 Å². The minimum absolute atomic E-state index is 0.0335. The summed E-state index contributed by atoms with van der Waals surface area (Å²) < 4.78 is 11.3. The Labute approximate surface area is 160 Å². The highest BCUT2D eigenvalue weighted by Crippen LogP contribution is 2.38. The molecule has 4 N–H and O–H groups in total. The van der Waals surface area contributed by atoms with Crippen molar-refractivity contribution in [2.75, 3.05) is 0 Å². The first-order chi connectivity index (χ1) is 13.4. The molecule has 4 rings (SSSR count). The van der Waals surface area contributed by atoms with Crippen molar-refractivity contribution < 1.29 is 29.6 Å². The number of rotatable bonds is 4. The van der Waals surface area contributed by atoms with Gasteiger partial charge in [-0.3, -0.25) is 0 Å². The molecule has 142 valence electrons. The molecule has 1 aromatic heterocycles. The van der Waals surface area contributed by atoms with Gasteiger partial charge in [0.2, 0.25) is 0 Å². The molecule has 0 aliphatic rings. The van der Waals surface area contributed by atoms with Crippen molar-refractivity contribution in [1.82, 2.24) is 0 Å². The van der Waals surface area contributed by atoms with Gasteiger partial charge in [0.05, 0.1) is 5.39 Å². The van der Waals surface area contributed by atoms with Gasteiger partial charge in [-0.15, -0.1) is 0 Å². The lowest BCUT2D eigenvalue weighted by Gasteiger charge is -2.12. The molecule has 0 saturated carbocycles. The third-order valence-corrected chi connectivity index (χ3v) is 4.62. The molecule has 0 aliphatic carbocycles. The van der Waals surface area contributed by atoms with Crippen LogP contribution in [0.15, 0.2) is 59.0 Å². The van der Waals surface area contributed by atoms with Crippen LogP contribution in [-0.4, -0.2) is 20.4 Å². The van der Waals surface area contributed by atoms with Crippen LogP contribution in [0.1, 0.15) is 11.1 Å². The Morgan fingerprint density at radius 2 is 1.43 bits per heavy atom. The SMILES string of the molecule is Cc1c(O)ccc(O)c1OCc1ccc(-c2cc3c(O)ccc(O)c3o2)cc1. The Morgan fingerprint density at radius 1 is 0.786 bits per heavy atom. The van der Waals surface area contributed by atoms with Crippen LogP contribution in [0.2, 0.25) is 0 Å². The van der Waals surface area contributed by atoms with E-state index in [1.807, 2.05) is 24.3 Å². The summed E-state index contributed by atoms with van der Waals surface area (Å²) in [6.45, 7) is 1.87. The quantitative estimate of drug-likeness (QED) is 0.380. The number of phenols is 4. The van der Waals surface area contributed by atoms with Gasteiger partial charge >= 0.3 is 0 Å². The first kappa shape index (κ1) is 17.6. The molecule has 0 bridgehead atoms. The van der Waals surface area contributed by atoms with E-state index in [-0.39, 0.29) is 40.9 Å². The fourth-order valence-electron chi connectivity index (χ4n) is 3.01. The molecule has 4 aromatic rings. The van der Waals surface area contributed by atoms with Gasteiger partial charge in [-0.2, -0.15) is 0 Å². The molecular weight excluding hydrogens is 360 g/mol. The number of ether oxygens (including phenoxy) is 1. The van der Waals surface area contributed by atoms with E-state index in [0.717, 1.165) is 11.1 Å². The number of hydrogen-bond acceptors (Lipinski definition) is 6. The summed E-state index contributed by atoms with van der Waals surface area (Å²) in [4.78, 5) is 0. The van der Waals surface area contributed by atoms with Gasteiger partial charge in [-0.25, -0.2) is 0 Å². The van der Waals surface area contributed by atoms with Gasteiger partial charge in [0.1, 0.15) is 23.9 Å². The Kier molecular flexibility index (Phi) is 4.24. The van der Waals surface area contributed by atoms with Crippen molar-refractivity contribution in [3.8, 4) is 40.1 Å². The number of fused-ring (bicyclic) bond motifs is 1. The van der Waals surface area contributed by atoms with Gasteiger partial charge < -0.3 is 29.6 Å². The van der Waals surface area contributed by atoms with Crippen LogP contribution in [0.5, 0.6) is 28.7 Å². The Hall–Kier alpha value is -3.80. The standard InChI is InChI=1S/C22H18O6/c1-12-16(23)6-8-18(25)21(12)27-11-13-2-4-14(5-3-13)20-10-15-17(24)7-9-19(26)22(15)28-20/h2-10,23-26H,11H2,1H3. The highest BCUT2D eigenvalue weighted by atomic mass is 16.5. The number of phenolic OH excluding ortho intramolecular Hbond substituents is 4. The summed E-state index contributed by atoms with van der Waals surface area (Å²) in [5.41, 5.74) is 2.33. The summed E-state index contributed by atoms with van der Waals surface area (Å²) in [6, 6.07) is 14.6. The fourth-order valence-corrected chi connectivity index (χ4v) is 3.01. The van der Waals surface area contributed by atoms with Gasteiger partial charge in [0, 0.05) is 11.1 Å². The molecule has 0 spiro atoms. The van der Waals surface area contributed by atoms with Crippen LogP contribution < -0.4 is 4.74 Å². The van der Waals surface area contributed by atoms with Crippen LogP contribution in [0.4, 0.5) is 0 Å². The van der Waals surface area contributed by atoms with Crippen LogP contribution in [0, 0.1) is 6.92 Å². The maximum Gasteiger partial charge on any atom is 0.180 e. The molecule has 3 aromatic carbocycles. The lowest BCUT2D eigenvalue weighted by atomic mass is 10.1. The van der Waals surface area contributed by atoms with Crippen molar-refractivity contribution in [2.45, 2.75) is 13.5 Å². The predicted molar refractivity (Wildman–Crippen MR) is 104 cm³/mol. The molecule has 0 amide bonds. The van der Waals surface area contributed by atoms with Gasteiger partial charge in [0.25, 0.3) is 0 Å². The second-order valence-corrected chi connectivity index (χ2v) is 6.50. The van der Waals surface area contributed by atoms with Crippen LogP contribution in [-0.2, 0) is 6.61 Å². The second kappa shape index (κ2) is 6.74. The maximum absolute atomic E-state index is 9.92.